The van der Waals surface area contributed by atoms with Gasteiger partial charge in [-0.1, -0.05) is 36.4 Å². The van der Waals surface area contributed by atoms with Crippen molar-refractivity contribution in [3.63, 3.8) is 0 Å². The van der Waals surface area contributed by atoms with Gasteiger partial charge in [-0.2, -0.15) is 0 Å². The number of carbonyl (C=O) groups excluding carboxylic acids is 1. The van der Waals surface area contributed by atoms with Crippen molar-refractivity contribution in [1.29, 1.82) is 0 Å². The number of amides is 1. The molecular weight excluding hydrogens is 318 g/mol. The highest BCUT2D eigenvalue weighted by Gasteiger charge is 2.17. The van der Waals surface area contributed by atoms with Crippen LogP contribution in [0.5, 0.6) is 11.5 Å². The lowest BCUT2D eigenvalue weighted by Gasteiger charge is -2.24. The van der Waals surface area contributed by atoms with E-state index < -0.39 is 0 Å². The minimum atomic E-state index is -0.0201. The maximum atomic E-state index is 12.4. The number of rotatable bonds is 7. The van der Waals surface area contributed by atoms with Crippen LogP contribution in [0.15, 0.2) is 48.5 Å². The average Bonchev–Trinajstić information content (AvgIpc) is 2.66. The zero-order chi connectivity index (χ0) is 17.5. The first-order valence-corrected chi connectivity index (χ1v) is 8.45. The van der Waals surface area contributed by atoms with E-state index in [0.717, 1.165) is 23.5 Å². The van der Waals surface area contributed by atoms with E-state index in [-0.39, 0.29) is 12.5 Å². The fraction of sp³-hybridized carbons (Fsp3) is 0.350. The van der Waals surface area contributed by atoms with Crippen LogP contribution >= 0.6 is 0 Å². The standard InChI is InChI=1S/C20H23NO4/c1-23-15-20(22)21(10-9-16-5-3-2-4-6-16)14-17-7-8-18-19(13-17)25-12-11-24-18/h2-8,13H,9-12,14-15H2,1H3. The van der Waals surface area contributed by atoms with Crippen molar-refractivity contribution >= 4 is 5.91 Å². The van der Waals surface area contributed by atoms with Crippen LogP contribution in [0.25, 0.3) is 0 Å². The molecule has 0 unspecified atom stereocenters. The number of carbonyl (C=O) groups is 1. The molecule has 0 saturated heterocycles. The van der Waals surface area contributed by atoms with E-state index in [1.165, 1.54) is 12.7 Å². The normalized spacial score (nSPS) is 12.7. The zero-order valence-electron chi connectivity index (χ0n) is 14.4. The van der Waals surface area contributed by atoms with Gasteiger partial charge in [-0.25, -0.2) is 0 Å². The molecule has 0 aromatic heterocycles. The average molecular weight is 341 g/mol. The molecule has 0 N–H and O–H groups in total. The monoisotopic (exact) mass is 341 g/mol. The lowest BCUT2D eigenvalue weighted by molar-refractivity contribution is -0.135. The zero-order valence-corrected chi connectivity index (χ0v) is 14.4. The van der Waals surface area contributed by atoms with Crippen molar-refractivity contribution in [3.8, 4) is 11.5 Å². The van der Waals surface area contributed by atoms with E-state index in [9.17, 15) is 4.79 Å². The van der Waals surface area contributed by atoms with Crippen LogP contribution in [0.2, 0.25) is 0 Å². The Morgan fingerprint density at radius 2 is 1.80 bits per heavy atom. The summed E-state index contributed by atoms with van der Waals surface area (Å²) in [5, 5.41) is 0. The van der Waals surface area contributed by atoms with Crippen LogP contribution in [0.4, 0.5) is 0 Å². The van der Waals surface area contributed by atoms with Gasteiger partial charge in [0.05, 0.1) is 0 Å². The summed E-state index contributed by atoms with van der Waals surface area (Å²) in [5.41, 5.74) is 2.22. The molecule has 5 nitrogen and oxygen atoms in total. The van der Waals surface area contributed by atoms with E-state index in [2.05, 4.69) is 12.1 Å². The molecular formula is C20H23NO4. The number of benzene rings is 2. The summed E-state index contributed by atoms with van der Waals surface area (Å²) < 4.78 is 16.2. The van der Waals surface area contributed by atoms with Crippen molar-refractivity contribution < 1.29 is 19.0 Å². The smallest absolute Gasteiger partial charge is 0.248 e. The molecule has 2 aromatic rings. The third-order valence-corrected chi connectivity index (χ3v) is 4.11. The molecule has 5 heteroatoms. The van der Waals surface area contributed by atoms with Crippen molar-refractivity contribution in [3.05, 3.63) is 59.7 Å². The van der Waals surface area contributed by atoms with Gasteiger partial charge in [-0.3, -0.25) is 4.79 Å². The molecule has 1 aliphatic rings. The van der Waals surface area contributed by atoms with Gasteiger partial charge in [0.2, 0.25) is 5.91 Å². The Bertz CT molecular complexity index is 702. The first kappa shape index (κ1) is 17.3. The van der Waals surface area contributed by atoms with Gasteiger partial charge in [-0.15, -0.1) is 0 Å². The molecule has 0 atom stereocenters. The summed E-state index contributed by atoms with van der Waals surface area (Å²) in [6.45, 7) is 2.37. The number of fused-ring (bicyclic) bond motifs is 1. The van der Waals surface area contributed by atoms with Gasteiger partial charge in [0.25, 0.3) is 0 Å². The molecule has 0 bridgehead atoms. The maximum absolute atomic E-state index is 12.4. The third-order valence-electron chi connectivity index (χ3n) is 4.11. The lowest BCUT2D eigenvalue weighted by atomic mass is 10.1. The van der Waals surface area contributed by atoms with Crippen molar-refractivity contribution in [2.45, 2.75) is 13.0 Å². The number of hydrogen-bond donors (Lipinski definition) is 0. The van der Waals surface area contributed by atoms with Gasteiger partial charge >= 0.3 is 0 Å². The SMILES string of the molecule is COCC(=O)N(CCc1ccccc1)Cc1ccc2c(c1)OCCO2. The fourth-order valence-corrected chi connectivity index (χ4v) is 2.82. The predicted octanol–water partition coefficient (Wildman–Crippen LogP) is 2.68. The summed E-state index contributed by atoms with van der Waals surface area (Å²) in [7, 11) is 1.54. The van der Waals surface area contributed by atoms with Gasteiger partial charge < -0.3 is 19.1 Å². The molecule has 0 aliphatic carbocycles. The van der Waals surface area contributed by atoms with Crippen molar-refractivity contribution in [2.24, 2.45) is 0 Å². The second-order valence-electron chi connectivity index (χ2n) is 5.96. The highest BCUT2D eigenvalue weighted by Crippen LogP contribution is 2.31. The quantitative estimate of drug-likeness (QED) is 0.777. The Labute approximate surface area is 148 Å². The molecule has 0 spiro atoms. The number of hydrogen-bond acceptors (Lipinski definition) is 4. The van der Waals surface area contributed by atoms with E-state index in [4.69, 9.17) is 14.2 Å². The number of methoxy groups -OCH3 is 1. The van der Waals surface area contributed by atoms with Crippen molar-refractivity contribution in [2.75, 3.05) is 33.5 Å². The van der Waals surface area contributed by atoms with Crippen LogP contribution in [0.1, 0.15) is 11.1 Å². The number of nitrogens with zero attached hydrogens (tertiary/aromatic N) is 1. The molecule has 0 saturated carbocycles. The second kappa shape index (κ2) is 8.53. The Balaban J connectivity index is 1.69. The van der Waals surface area contributed by atoms with Crippen molar-refractivity contribution in [1.82, 2.24) is 4.90 Å². The molecule has 25 heavy (non-hydrogen) atoms. The first-order valence-electron chi connectivity index (χ1n) is 8.45. The summed E-state index contributed by atoms with van der Waals surface area (Å²) in [5.74, 6) is 1.48. The largest absolute Gasteiger partial charge is 0.486 e. The summed E-state index contributed by atoms with van der Waals surface area (Å²) in [6, 6.07) is 16.0. The third kappa shape index (κ3) is 4.73. The molecule has 1 heterocycles. The second-order valence-corrected chi connectivity index (χ2v) is 5.96. The van der Waals surface area contributed by atoms with Crippen LogP contribution in [0, 0.1) is 0 Å². The molecule has 1 aliphatic heterocycles. The number of ether oxygens (including phenoxy) is 3. The predicted molar refractivity (Wildman–Crippen MR) is 94.9 cm³/mol. The minimum absolute atomic E-state index is 0.0201. The molecule has 2 aromatic carbocycles. The van der Waals surface area contributed by atoms with Crippen LogP contribution < -0.4 is 9.47 Å². The summed E-state index contributed by atoms with van der Waals surface area (Å²) in [6.07, 6.45) is 0.806. The Morgan fingerprint density at radius 1 is 1.04 bits per heavy atom. The van der Waals surface area contributed by atoms with Gasteiger partial charge in [-0.05, 0) is 29.7 Å². The van der Waals surface area contributed by atoms with E-state index in [0.29, 0.717) is 26.3 Å². The Kier molecular flexibility index (Phi) is 5.90. The van der Waals surface area contributed by atoms with Crippen LogP contribution in [-0.4, -0.2) is 44.3 Å². The molecule has 132 valence electrons. The Hall–Kier alpha value is -2.53. The first-order chi connectivity index (χ1) is 12.3. The van der Waals surface area contributed by atoms with E-state index >= 15 is 0 Å². The maximum Gasteiger partial charge on any atom is 0.248 e. The molecule has 0 radical (unpaired) electrons. The van der Waals surface area contributed by atoms with E-state index in [1.807, 2.05) is 41.3 Å². The fourth-order valence-electron chi connectivity index (χ4n) is 2.82. The molecule has 3 rings (SSSR count). The minimum Gasteiger partial charge on any atom is -0.486 e. The molecule has 1 amide bonds. The summed E-state index contributed by atoms with van der Waals surface area (Å²) >= 11 is 0. The van der Waals surface area contributed by atoms with Crippen LogP contribution in [0.3, 0.4) is 0 Å². The van der Waals surface area contributed by atoms with Gasteiger partial charge in [0.15, 0.2) is 11.5 Å². The van der Waals surface area contributed by atoms with Crippen LogP contribution in [-0.2, 0) is 22.5 Å². The highest BCUT2D eigenvalue weighted by atomic mass is 16.6. The topological polar surface area (TPSA) is 48.0 Å². The van der Waals surface area contributed by atoms with E-state index in [1.54, 1.807) is 0 Å². The highest BCUT2D eigenvalue weighted by molar-refractivity contribution is 5.77. The van der Waals surface area contributed by atoms with Gasteiger partial charge in [0, 0.05) is 20.2 Å². The lowest BCUT2D eigenvalue weighted by Crippen LogP contribution is -2.35. The summed E-state index contributed by atoms with van der Waals surface area (Å²) in [4.78, 5) is 14.2. The Morgan fingerprint density at radius 3 is 2.56 bits per heavy atom. The van der Waals surface area contributed by atoms with Gasteiger partial charge in [0.1, 0.15) is 19.8 Å². The molecule has 0 fully saturated rings.